The molecule has 2 aromatic rings. The molecule has 0 bridgehead atoms. The van der Waals surface area contributed by atoms with E-state index in [0.29, 0.717) is 6.54 Å². The van der Waals surface area contributed by atoms with Crippen LogP contribution in [0, 0.1) is 0 Å². The van der Waals surface area contributed by atoms with Crippen molar-refractivity contribution in [3.8, 4) is 0 Å². The first-order valence-electron chi connectivity index (χ1n) is 5.78. The molecular formula is C12H17N3OS2. The lowest BCUT2D eigenvalue weighted by Gasteiger charge is -2.13. The van der Waals surface area contributed by atoms with Gasteiger partial charge in [0.1, 0.15) is 0 Å². The van der Waals surface area contributed by atoms with E-state index in [2.05, 4.69) is 36.1 Å². The Hall–Kier alpha value is -0.980. The molecule has 0 aliphatic rings. The fourth-order valence-corrected chi connectivity index (χ4v) is 2.98. The van der Waals surface area contributed by atoms with Gasteiger partial charge < -0.3 is 10.3 Å². The number of hydrogen-bond donors (Lipinski definition) is 2. The number of aromatic nitrogens is 2. The molecule has 2 heterocycles. The molecule has 0 radical (unpaired) electrons. The zero-order chi connectivity index (χ0) is 13.2. The van der Waals surface area contributed by atoms with E-state index in [4.69, 9.17) is 0 Å². The van der Waals surface area contributed by atoms with Crippen molar-refractivity contribution in [3.05, 3.63) is 36.8 Å². The van der Waals surface area contributed by atoms with Crippen LogP contribution >= 0.6 is 22.7 Å². The molecule has 6 heteroatoms. The Kier molecular flexibility index (Phi) is 3.99. The fourth-order valence-electron chi connectivity index (χ4n) is 1.46. The average molecular weight is 283 g/mol. The predicted molar refractivity (Wildman–Crippen MR) is 76.3 cm³/mol. The Morgan fingerprint density at radius 2 is 2.17 bits per heavy atom. The molecular weight excluding hydrogens is 266 g/mol. The average Bonchev–Trinajstić information content (AvgIpc) is 2.87. The maximum atomic E-state index is 11.0. The maximum absolute atomic E-state index is 11.0. The van der Waals surface area contributed by atoms with Gasteiger partial charge in [0, 0.05) is 40.7 Å². The van der Waals surface area contributed by atoms with E-state index in [1.807, 2.05) is 11.6 Å². The molecule has 4 nitrogen and oxygen atoms in total. The summed E-state index contributed by atoms with van der Waals surface area (Å²) in [5.41, 5.74) is 1.05. The van der Waals surface area contributed by atoms with Gasteiger partial charge in [0.25, 0.3) is 0 Å². The van der Waals surface area contributed by atoms with E-state index in [-0.39, 0.29) is 10.3 Å². The molecule has 0 aromatic carbocycles. The minimum atomic E-state index is -0.000362. The van der Waals surface area contributed by atoms with Crippen LogP contribution in [0.2, 0.25) is 0 Å². The number of nitrogens with one attached hydrogen (secondary N) is 2. The second-order valence-electron chi connectivity index (χ2n) is 5.16. The Labute approximate surface area is 114 Å². The van der Waals surface area contributed by atoms with Gasteiger partial charge in [-0.2, -0.15) is 0 Å². The van der Waals surface area contributed by atoms with Crippen LogP contribution < -0.4 is 10.2 Å². The highest BCUT2D eigenvalue weighted by atomic mass is 32.1. The topological polar surface area (TPSA) is 57.8 Å². The van der Waals surface area contributed by atoms with Crippen LogP contribution in [-0.4, -0.2) is 9.97 Å². The number of aromatic amines is 1. The van der Waals surface area contributed by atoms with Gasteiger partial charge in [0.2, 0.25) is 0 Å². The second-order valence-corrected chi connectivity index (χ2v) is 7.12. The fraction of sp³-hybridized carbons (Fsp3) is 0.500. The van der Waals surface area contributed by atoms with Crippen molar-refractivity contribution in [1.82, 2.24) is 15.3 Å². The number of hydrogen-bond acceptors (Lipinski definition) is 5. The number of H-pyrrole nitrogens is 1. The van der Waals surface area contributed by atoms with Crippen molar-refractivity contribution in [3.63, 3.8) is 0 Å². The molecule has 0 aliphatic carbocycles. The molecule has 0 fully saturated rings. The lowest BCUT2D eigenvalue weighted by molar-refractivity contribution is 0.585. The molecule has 0 unspecified atom stereocenters. The van der Waals surface area contributed by atoms with Crippen LogP contribution in [0.4, 0.5) is 0 Å². The molecule has 0 aliphatic heterocycles. The molecule has 0 spiro atoms. The van der Waals surface area contributed by atoms with Crippen LogP contribution in [-0.2, 0) is 18.5 Å². The first-order chi connectivity index (χ1) is 8.45. The lowest BCUT2D eigenvalue weighted by Crippen LogP contribution is -2.13. The summed E-state index contributed by atoms with van der Waals surface area (Å²) >= 11 is 2.93. The van der Waals surface area contributed by atoms with E-state index in [1.165, 1.54) is 16.2 Å². The quantitative estimate of drug-likeness (QED) is 0.906. The summed E-state index contributed by atoms with van der Waals surface area (Å²) in [6.45, 7) is 7.96. The predicted octanol–water partition coefficient (Wildman–Crippen LogP) is 2.48. The standard InChI is InChI=1S/C12H17N3OS2/c1-12(2,3)10-14-6-9(18-10)5-13-4-8-7-17-11(16)15-8/h6-7,13H,4-5H2,1-3H3,(H,15,16). The van der Waals surface area contributed by atoms with Crippen molar-refractivity contribution in [1.29, 1.82) is 0 Å². The highest BCUT2D eigenvalue weighted by Crippen LogP contribution is 2.26. The van der Waals surface area contributed by atoms with Gasteiger partial charge in [-0.05, 0) is 0 Å². The summed E-state index contributed by atoms with van der Waals surface area (Å²) < 4.78 is 0. The van der Waals surface area contributed by atoms with Gasteiger partial charge in [0.15, 0.2) is 0 Å². The van der Waals surface area contributed by atoms with E-state index in [0.717, 1.165) is 17.2 Å². The van der Waals surface area contributed by atoms with Crippen molar-refractivity contribution in [2.24, 2.45) is 0 Å². The molecule has 0 atom stereocenters. The van der Waals surface area contributed by atoms with Crippen molar-refractivity contribution < 1.29 is 0 Å². The van der Waals surface area contributed by atoms with E-state index < -0.39 is 0 Å². The van der Waals surface area contributed by atoms with E-state index in [1.54, 1.807) is 11.3 Å². The van der Waals surface area contributed by atoms with Gasteiger partial charge in [-0.3, -0.25) is 4.79 Å². The number of thiazole rings is 2. The lowest BCUT2D eigenvalue weighted by atomic mass is 9.98. The first-order valence-corrected chi connectivity index (χ1v) is 7.47. The van der Waals surface area contributed by atoms with Gasteiger partial charge in [-0.15, -0.1) is 11.3 Å². The molecule has 18 heavy (non-hydrogen) atoms. The molecule has 0 amide bonds. The largest absolute Gasteiger partial charge is 0.315 e. The van der Waals surface area contributed by atoms with Crippen LogP contribution in [0.1, 0.15) is 36.3 Å². The normalized spacial score (nSPS) is 11.9. The van der Waals surface area contributed by atoms with Crippen LogP contribution in [0.25, 0.3) is 0 Å². The minimum absolute atomic E-state index is 0.000362. The summed E-state index contributed by atoms with van der Waals surface area (Å²) in [6, 6.07) is 0. The summed E-state index contributed by atoms with van der Waals surface area (Å²) in [6.07, 6.45) is 1.93. The zero-order valence-electron chi connectivity index (χ0n) is 10.7. The molecule has 2 aromatic heterocycles. The third-order valence-corrected chi connectivity index (χ3v) is 4.52. The smallest absolute Gasteiger partial charge is 0.304 e. The Bertz CT molecular complexity index is 562. The van der Waals surface area contributed by atoms with Crippen LogP contribution in [0.15, 0.2) is 16.4 Å². The number of nitrogens with zero attached hydrogens (tertiary/aromatic N) is 1. The van der Waals surface area contributed by atoms with E-state index in [9.17, 15) is 4.79 Å². The summed E-state index contributed by atoms with van der Waals surface area (Å²) in [5, 5.41) is 6.31. The third kappa shape index (κ3) is 3.51. The maximum Gasteiger partial charge on any atom is 0.304 e. The van der Waals surface area contributed by atoms with E-state index >= 15 is 0 Å². The highest BCUT2D eigenvalue weighted by Gasteiger charge is 2.17. The van der Waals surface area contributed by atoms with Gasteiger partial charge >= 0.3 is 4.87 Å². The Balaban J connectivity index is 1.87. The monoisotopic (exact) mass is 283 g/mol. The summed E-state index contributed by atoms with van der Waals surface area (Å²) in [5.74, 6) is 0. The Morgan fingerprint density at radius 1 is 1.39 bits per heavy atom. The van der Waals surface area contributed by atoms with Gasteiger partial charge in [-0.25, -0.2) is 4.98 Å². The summed E-state index contributed by atoms with van der Waals surface area (Å²) in [4.78, 5) is 19.4. The van der Waals surface area contributed by atoms with Crippen LogP contribution in [0.5, 0.6) is 0 Å². The van der Waals surface area contributed by atoms with Crippen molar-refractivity contribution >= 4 is 22.7 Å². The minimum Gasteiger partial charge on any atom is -0.315 e. The molecule has 0 saturated heterocycles. The number of rotatable bonds is 4. The molecule has 0 saturated carbocycles. The Morgan fingerprint density at radius 3 is 2.72 bits per heavy atom. The highest BCUT2D eigenvalue weighted by molar-refractivity contribution is 7.11. The van der Waals surface area contributed by atoms with Crippen LogP contribution in [0.3, 0.4) is 0 Å². The molecule has 98 valence electrons. The summed E-state index contributed by atoms with van der Waals surface area (Å²) in [7, 11) is 0. The second kappa shape index (κ2) is 5.34. The third-order valence-electron chi connectivity index (χ3n) is 2.38. The van der Waals surface area contributed by atoms with Crippen molar-refractivity contribution in [2.75, 3.05) is 0 Å². The van der Waals surface area contributed by atoms with Gasteiger partial charge in [0.05, 0.1) is 5.01 Å². The molecule has 2 rings (SSSR count). The zero-order valence-corrected chi connectivity index (χ0v) is 12.4. The molecule has 2 N–H and O–H groups in total. The SMILES string of the molecule is CC(C)(C)c1ncc(CNCc2csc(=O)[nH]2)s1. The first kappa shape index (κ1) is 13.5. The van der Waals surface area contributed by atoms with Crippen molar-refractivity contribution in [2.45, 2.75) is 39.3 Å². The van der Waals surface area contributed by atoms with Gasteiger partial charge in [-0.1, -0.05) is 32.1 Å².